The van der Waals surface area contributed by atoms with E-state index in [9.17, 15) is 4.79 Å². The van der Waals surface area contributed by atoms with Crippen LogP contribution in [0.1, 0.15) is 99.8 Å². The van der Waals surface area contributed by atoms with Crippen molar-refractivity contribution in [2.24, 2.45) is 0 Å². The molecule has 0 aliphatic heterocycles. The highest BCUT2D eigenvalue weighted by atomic mass is 28.4. The van der Waals surface area contributed by atoms with Crippen LogP contribution in [0.3, 0.4) is 0 Å². The average Bonchev–Trinajstić information content (AvgIpc) is 3.46. The molecule has 1 aliphatic carbocycles. The Kier molecular flexibility index (Phi) is 11.0. The van der Waals surface area contributed by atoms with Crippen molar-refractivity contribution in [2.75, 3.05) is 12.4 Å². The van der Waals surface area contributed by atoms with Gasteiger partial charge in [-0.2, -0.15) is 5.10 Å². The molecule has 0 spiro atoms. The topological polar surface area (TPSA) is 78.3 Å². The van der Waals surface area contributed by atoms with E-state index in [0.29, 0.717) is 19.1 Å². The molecule has 8 heteroatoms. The second-order valence-corrected chi connectivity index (χ2v) is 22.2. The third-order valence-corrected chi connectivity index (χ3v) is 16.1. The molecule has 0 amide bonds. The fraction of sp³-hybridized carbons (Fsp3) is 0.444. The number of nitrogens with one attached hydrogen (secondary N) is 1. The zero-order valence-electron chi connectivity index (χ0n) is 33.5. The van der Waals surface area contributed by atoms with Crippen molar-refractivity contribution in [3.63, 3.8) is 0 Å². The molecule has 280 valence electrons. The van der Waals surface area contributed by atoms with E-state index in [1.54, 1.807) is 7.11 Å². The molecule has 1 aliphatic rings. The van der Waals surface area contributed by atoms with Crippen molar-refractivity contribution in [2.45, 2.75) is 123 Å². The van der Waals surface area contributed by atoms with Gasteiger partial charge in [-0.15, -0.1) is 0 Å². The largest absolute Gasteiger partial charge is 0.497 e. The van der Waals surface area contributed by atoms with Gasteiger partial charge in [-0.3, -0.25) is 4.79 Å². The second kappa shape index (κ2) is 15.2. The monoisotopic (exact) mass is 730 g/mol. The number of fused-ring (bicyclic) bond motifs is 1. The highest BCUT2D eigenvalue weighted by molar-refractivity contribution is 6.74. The summed E-state index contributed by atoms with van der Waals surface area (Å²) in [4.78, 5) is 18.5. The van der Waals surface area contributed by atoms with Gasteiger partial charge in [-0.25, -0.2) is 9.67 Å². The van der Waals surface area contributed by atoms with E-state index < -0.39 is 8.32 Å². The summed E-state index contributed by atoms with van der Waals surface area (Å²) >= 11 is 0. The number of methoxy groups -OCH3 is 1. The molecular formula is C45H58N4O3Si. The number of rotatable bonds is 11. The smallest absolute Gasteiger partial charge is 0.192 e. The minimum absolute atomic E-state index is 0.0387. The maximum absolute atomic E-state index is 13.6. The summed E-state index contributed by atoms with van der Waals surface area (Å²) < 4.78 is 14.2. The zero-order valence-corrected chi connectivity index (χ0v) is 34.5. The Morgan fingerprint density at radius 2 is 1.57 bits per heavy atom. The molecule has 0 atom stereocenters. The quantitative estimate of drug-likeness (QED) is 0.108. The molecule has 0 bridgehead atoms. The van der Waals surface area contributed by atoms with Crippen molar-refractivity contribution in [3.05, 3.63) is 107 Å². The van der Waals surface area contributed by atoms with Crippen molar-refractivity contribution >= 4 is 31.0 Å². The Bertz CT molecular complexity index is 2050. The molecule has 5 aromatic rings. The molecule has 0 unspecified atom stereocenters. The van der Waals surface area contributed by atoms with Crippen molar-refractivity contribution < 1.29 is 14.0 Å². The lowest BCUT2D eigenvalue weighted by Gasteiger charge is -2.41. The molecule has 7 nitrogen and oxygen atoms in total. The third kappa shape index (κ3) is 8.60. The van der Waals surface area contributed by atoms with Crippen LogP contribution in [0.25, 0.3) is 22.2 Å². The summed E-state index contributed by atoms with van der Waals surface area (Å²) in [5.74, 6) is 1.80. The van der Waals surface area contributed by atoms with Crippen LogP contribution in [-0.4, -0.2) is 48.1 Å². The molecule has 3 aromatic carbocycles. The minimum atomic E-state index is -1.83. The van der Waals surface area contributed by atoms with Crippen LogP contribution in [0.5, 0.6) is 5.75 Å². The van der Waals surface area contributed by atoms with Crippen molar-refractivity contribution in [3.8, 4) is 16.9 Å². The molecule has 1 fully saturated rings. The van der Waals surface area contributed by atoms with E-state index in [-0.39, 0.29) is 22.3 Å². The molecular weight excluding hydrogens is 673 g/mol. The first-order chi connectivity index (χ1) is 25.0. The molecule has 0 radical (unpaired) electrons. The first kappa shape index (κ1) is 38.5. The zero-order chi connectivity index (χ0) is 38.1. The van der Waals surface area contributed by atoms with Gasteiger partial charge in [0, 0.05) is 30.3 Å². The lowest BCUT2D eigenvalue weighted by Crippen LogP contribution is -2.45. The number of benzene rings is 3. The van der Waals surface area contributed by atoms with Crippen LogP contribution in [0.4, 0.5) is 5.82 Å². The number of ether oxygens (including phenoxy) is 1. The van der Waals surface area contributed by atoms with Crippen LogP contribution in [0.2, 0.25) is 18.1 Å². The summed E-state index contributed by atoms with van der Waals surface area (Å²) in [6.07, 6.45) is 6.64. The van der Waals surface area contributed by atoms with E-state index in [0.717, 1.165) is 81.7 Å². The van der Waals surface area contributed by atoms with Gasteiger partial charge in [0.15, 0.2) is 25.6 Å². The number of carbonyl (C=O) groups is 1. The van der Waals surface area contributed by atoms with E-state index >= 15 is 0 Å². The number of carbonyl (C=O) groups excluding carboxylic acids is 1. The molecule has 6 rings (SSSR count). The number of Topliss-reactive ketones (excluding diaryl/α,β-unsaturated/α-hetero) is 1. The predicted molar refractivity (Wildman–Crippen MR) is 221 cm³/mol. The van der Waals surface area contributed by atoms with Crippen LogP contribution >= 0.6 is 0 Å². The minimum Gasteiger partial charge on any atom is -0.497 e. The highest BCUT2D eigenvalue weighted by Crippen LogP contribution is 2.40. The van der Waals surface area contributed by atoms with Crippen molar-refractivity contribution in [1.82, 2.24) is 14.8 Å². The Hall–Kier alpha value is -4.27. The standard InChI is InChI=1S/C45H58N4O3Si/c1-30-33(28-40(50)32-16-18-34(19-17-32)44(2,3)4)12-11-13-38(30)39-26-27-46-43-41(39)42(48-49(43)29-31-14-22-36(51-8)23-15-31)47-35-20-24-37(25-21-35)52-53(9,10)45(5,6)7/h11-19,22-23,26-27,35,37H,20-21,24-25,28-29H2,1-10H3,(H,47,48). The molecule has 1 N–H and O–H groups in total. The summed E-state index contributed by atoms with van der Waals surface area (Å²) in [6, 6.07) is 24.9. The summed E-state index contributed by atoms with van der Waals surface area (Å²) in [7, 11) is -0.148. The van der Waals surface area contributed by atoms with Crippen LogP contribution < -0.4 is 10.1 Å². The lowest BCUT2D eigenvalue weighted by atomic mass is 9.86. The maximum Gasteiger partial charge on any atom is 0.192 e. The highest BCUT2D eigenvalue weighted by Gasteiger charge is 2.40. The average molecular weight is 731 g/mol. The molecule has 2 aromatic heterocycles. The Labute approximate surface area is 317 Å². The second-order valence-electron chi connectivity index (χ2n) is 17.4. The fourth-order valence-electron chi connectivity index (χ4n) is 7.15. The Morgan fingerprint density at radius 1 is 0.887 bits per heavy atom. The van der Waals surface area contributed by atoms with Crippen molar-refractivity contribution in [1.29, 1.82) is 0 Å². The van der Waals surface area contributed by atoms with Gasteiger partial charge in [0.05, 0.1) is 19.0 Å². The SMILES string of the molecule is COc1ccc(Cn2nc(NC3CCC(O[Si](C)(C)C(C)(C)C)CC3)c3c(-c4cccc(CC(=O)c5ccc(C(C)(C)C)cc5)c4C)ccnc32)cc1. The number of anilines is 1. The normalized spacial score (nSPS) is 16.9. The maximum atomic E-state index is 13.6. The number of hydrogen-bond donors (Lipinski definition) is 1. The van der Waals surface area contributed by atoms with Crippen LogP contribution in [0, 0.1) is 6.92 Å². The van der Waals surface area contributed by atoms with Gasteiger partial charge in [0.2, 0.25) is 0 Å². The van der Waals surface area contributed by atoms with E-state index in [2.05, 4.69) is 115 Å². The first-order valence-corrected chi connectivity index (χ1v) is 22.1. The van der Waals surface area contributed by atoms with Crippen LogP contribution in [-0.2, 0) is 22.8 Å². The van der Waals surface area contributed by atoms with Gasteiger partial charge in [0.25, 0.3) is 0 Å². The van der Waals surface area contributed by atoms with Gasteiger partial charge in [0.1, 0.15) is 5.75 Å². The number of ketones is 1. The summed E-state index contributed by atoms with van der Waals surface area (Å²) in [5.41, 5.74) is 8.22. The lowest BCUT2D eigenvalue weighted by molar-refractivity contribution is 0.0992. The number of nitrogens with zero attached hydrogens (tertiary/aromatic N) is 3. The molecule has 1 saturated carbocycles. The Morgan fingerprint density at radius 3 is 2.19 bits per heavy atom. The summed E-state index contributed by atoms with van der Waals surface area (Å²) in [6.45, 7) is 20.9. The fourth-order valence-corrected chi connectivity index (χ4v) is 8.57. The van der Waals surface area contributed by atoms with E-state index in [4.69, 9.17) is 19.2 Å². The number of hydrogen-bond acceptors (Lipinski definition) is 6. The van der Waals surface area contributed by atoms with Gasteiger partial charge in [-0.05, 0) is 108 Å². The summed E-state index contributed by atoms with van der Waals surface area (Å²) in [5, 5.41) is 10.3. The number of pyridine rings is 1. The van der Waals surface area contributed by atoms with E-state index in [1.165, 1.54) is 5.56 Å². The molecule has 53 heavy (non-hydrogen) atoms. The molecule has 2 heterocycles. The van der Waals surface area contributed by atoms with E-state index in [1.807, 2.05) is 35.1 Å². The van der Waals surface area contributed by atoms with Gasteiger partial charge >= 0.3 is 0 Å². The molecule has 0 saturated heterocycles. The van der Waals surface area contributed by atoms with Gasteiger partial charge in [-0.1, -0.05) is 96.1 Å². The Balaban J connectivity index is 1.31. The van der Waals surface area contributed by atoms with Crippen LogP contribution in [0.15, 0.2) is 79.0 Å². The first-order valence-electron chi connectivity index (χ1n) is 19.2. The van der Waals surface area contributed by atoms with Gasteiger partial charge < -0.3 is 14.5 Å². The predicted octanol–water partition coefficient (Wildman–Crippen LogP) is 10.9. The number of aromatic nitrogens is 3. The third-order valence-electron chi connectivity index (χ3n) is 11.6.